The van der Waals surface area contributed by atoms with Gasteiger partial charge in [-0.2, -0.15) is 0 Å². The number of benzene rings is 3. The number of carbonyl (C=O) groups is 4. The highest BCUT2D eigenvalue weighted by Gasteiger charge is 2.47. The van der Waals surface area contributed by atoms with E-state index in [9.17, 15) is 24.3 Å². The molecule has 3 amide bonds. The number of nitrogens with one attached hydrogen (secondary N) is 2. The molecular formula is C64H91N7O10Si. The molecular weight excluding hydrogens is 1050 g/mol. The molecule has 3 N–H and O–H groups in total. The van der Waals surface area contributed by atoms with E-state index in [1.165, 1.54) is 12.1 Å². The minimum atomic E-state index is -2.56. The summed E-state index contributed by atoms with van der Waals surface area (Å²) in [5.74, 6) is -0.213. The van der Waals surface area contributed by atoms with Crippen molar-refractivity contribution in [1.29, 1.82) is 0 Å². The zero-order valence-electron chi connectivity index (χ0n) is 51.3. The Morgan fingerprint density at radius 1 is 0.829 bits per heavy atom. The molecule has 0 aliphatic carbocycles. The van der Waals surface area contributed by atoms with Gasteiger partial charge in [-0.1, -0.05) is 97.9 Å². The Kier molecular flexibility index (Phi) is 20.7. The first kappa shape index (κ1) is 63.1. The van der Waals surface area contributed by atoms with Crippen LogP contribution in [0.2, 0.25) is 16.6 Å². The third-order valence-corrected chi connectivity index (χ3v) is 22.2. The van der Waals surface area contributed by atoms with Gasteiger partial charge in [-0.3, -0.25) is 19.6 Å². The van der Waals surface area contributed by atoms with E-state index in [4.69, 9.17) is 28.4 Å². The molecule has 82 heavy (non-hydrogen) atoms. The van der Waals surface area contributed by atoms with Gasteiger partial charge in [-0.05, 0) is 134 Å². The Morgan fingerprint density at radius 3 is 2.12 bits per heavy atom. The molecule has 446 valence electrons. The van der Waals surface area contributed by atoms with Crippen LogP contribution in [0.25, 0.3) is 33.3 Å². The van der Waals surface area contributed by atoms with Gasteiger partial charge in [0.05, 0.1) is 36.5 Å². The maximum Gasteiger partial charge on any atom is 0.410 e. The lowest BCUT2D eigenvalue weighted by atomic mass is 9.84. The number of fused-ring (bicyclic) bond motifs is 1. The minimum absolute atomic E-state index is 0.0495. The zero-order valence-corrected chi connectivity index (χ0v) is 52.3. The Morgan fingerprint density at radius 2 is 1.51 bits per heavy atom. The van der Waals surface area contributed by atoms with E-state index < -0.39 is 49.4 Å². The number of aryl methyl sites for hydroxylation is 1. The summed E-state index contributed by atoms with van der Waals surface area (Å²) >= 11 is 0. The van der Waals surface area contributed by atoms with Crippen LogP contribution in [0.3, 0.4) is 0 Å². The number of ether oxygens (including phenoxy) is 4. The average Bonchev–Trinajstić information content (AvgIpc) is 2.45. The number of hydrogen-bond donors (Lipinski definition) is 3. The number of esters is 1. The number of aliphatic hydroxyl groups is 1. The topological polar surface area (TPSA) is 186 Å². The summed E-state index contributed by atoms with van der Waals surface area (Å²) in [6, 6.07) is 22.8. The van der Waals surface area contributed by atoms with Crippen LogP contribution in [0.4, 0.5) is 15.3 Å². The number of amides is 3. The molecule has 18 heteroatoms. The van der Waals surface area contributed by atoms with Gasteiger partial charge in [0.15, 0.2) is 0 Å². The van der Waals surface area contributed by atoms with Crippen molar-refractivity contribution in [3.8, 4) is 28.1 Å². The van der Waals surface area contributed by atoms with Crippen molar-refractivity contribution >= 4 is 49.0 Å². The Balaban J connectivity index is 1.36. The van der Waals surface area contributed by atoms with Crippen molar-refractivity contribution in [2.24, 2.45) is 5.41 Å². The summed E-state index contributed by atoms with van der Waals surface area (Å²) in [6.45, 7) is 30.4. The second kappa shape index (κ2) is 26.8. The highest BCUT2D eigenvalue weighted by atomic mass is 28.4. The molecule has 7 rings (SSSR count). The maximum atomic E-state index is 14.8. The van der Waals surface area contributed by atoms with E-state index in [0.717, 1.165) is 61.4 Å². The molecule has 2 saturated heterocycles. The summed E-state index contributed by atoms with van der Waals surface area (Å²) in [5, 5.41) is 16.3. The number of nitrogens with zero attached hydrogens (tertiary/aromatic N) is 5. The largest absolute Gasteiger partial charge is 0.543 e. The van der Waals surface area contributed by atoms with Crippen molar-refractivity contribution < 1.29 is 47.7 Å². The van der Waals surface area contributed by atoms with Crippen molar-refractivity contribution in [3.63, 3.8) is 0 Å². The fourth-order valence-electron chi connectivity index (χ4n) is 12.1. The fraction of sp³-hybridized carbons (Fsp3) is 0.547. The molecule has 0 radical (unpaired) electrons. The minimum Gasteiger partial charge on any atom is -0.543 e. The fourth-order valence-corrected chi connectivity index (χ4v) is 17.3. The van der Waals surface area contributed by atoms with Crippen LogP contribution in [0.15, 0.2) is 79.0 Å². The van der Waals surface area contributed by atoms with Crippen LogP contribution in [0.5, 0.6) is 5.75 Å². The number of hydrazine groups is 1. The van der Waals surface area contributed by atoms with E-state index in [1.54, 1.807) is 32.8 Å². The number of methoxy groups -OCH3 is 2. The summed E-state index contributed by atoms with van der Waals surface area (Å²) < 4.78 is 32.3. The second-order valence-corrected chi connectivity index (χ2v) is 30.2. The van der Waals surface area contributed by atoms with Crippen LogP contribution in [-0.2, 0) is 54.5 Å². The third-order valence-electron chi connectivity index (χ3n) is 16.2. The number of anilines is 1. The quantitative estimate of drug-likeness (QED) is 0.0358. The lowest BCUT2D eigenvalue weighted by Gasteiger charge is -2.42. The van der Waals surface area contributed by atoms with Gasteiger partial charge in [-0.25, -0.2) is 15.0 Å². The van der Waals surface area contributed by atoms with Crippen LogP contribution in [0, 0.1) is 5.41 Å². The number of pyridine rings is 1. The molecule has 3 atom stereocenters. The summed E-state index contributed by atoms with van der Waals surface area (Å²) in [7, 11) is 0.457. The van der Waals surface area contributed by atoms with Crippen LogP contribution >= 0.6 is 0 Å². The molecule has 0 bridgehead atoms. The summed E-state index contributed by atoms with van der Waals surface area (Å²) in [6.07, 6.45) is 2.12. The first-order valence-electron chi connectivity index (χ1n) is 29.3. The van der Waals surface area contributed by atoms with Crippen molar-refractivity contribution in [2.45, 2.75) is 169 Å². The predicted octanol–water partition coefficient (Wildman–Crippen LogP) is 11.8. The third kappa shape index (κ3) is 14.6. The van der Waals surface area contributed by atoms with Crippen molar-refractivity contribution in [2.75, 3.05) is 58.5 Å². The van der Waals surface area contributed by atoms with Gasteiger partial charge in [0.25, 0.3) is 14.2 Å². The first-order chi connectivity index (χ1) is 38.8. The van der Waals surface area contributed by atoms with Gasteiger partial charge in [0.1, 0.15) is 30.0 Å². The van der Waals surface area contributed by atoms with E-state index in [-0.39, 0.29) is 48.5 Å². The van der Waals surface area contributed by atoms with Gasteiger partial charge in [0, 0.05) is 75.9 Å². The number of alkyl carbamates (subject to hydrolysis) is 1. The molecule has 4 heterocycles. The van der Waals surface area contributed by atoms with Crippen molar-refractivity contribution in [3.05, 3.63) is 101 Å². The number of carbonyl (C=O) groups excluding carboxylic acids is 4. The first-order valence-corrected chi connectivity index (χ1v) is 31.4. The van der Waals surface area contributed by atoms with Gasteiger partial charge < -0.3 is 48.2 Å². The van der Waals surface area contributed by atoms with Gasteiger partial charge >= 0.3 is 18.2 Å². The molecule has 0 saturated carbocycles. The van der Waals surface area contributed by atoms with E-state index in [1.807, 2.05) is 49.5 Å². The van der Waals surface area contributed by atoms with Crippen LogP contribution < -0.4 is 20.1 Å². The van der Waals surface area contributed by atoms with E-state index in [0.29, 0.717) is 64.3 Å². The summed E-state index contributed by atoms with van der Waals surface area (Å²) in [4.78, 5) is 63.6. The van der Waals surface area contributed by atoms with Crippen LogP contribution in [-0.4, -0.2) is 128 Å². The molecule has 2 fully saturated rings. The van der Waals surface area contributed by atoms with E-state index in [2.05, 4.69) is 119 Å². The number of aromatic nitrogens is 2. The predicted molar refractivity (Wildman–Crippen MR) is 325 cm³/mol. The lowest BCUT2D eigenvalue weighted by Crippen LogP contribution is -2.60. The molecule has 0 unspecified atom stereocenters. The monoisotopic (exact) mass is 1150 g/mol. The molecule has 3 aromatic carbocycles. The molecule has 2 aliphatic heterocycles. The Bertz CT molecular complexity index is 3000. The smallest absolute Gasteiger partial charge is 0.410 e. The SMILES string of the molecule is CCn1c(-c2cc(N3CCN(C(=O)OCc4ccccc4)CC3)cnc2[C@H](C)OC)c(CC(C)(C)CO)c2cc(-c3cc(C[C@H](NC(=O)OC(C)(C)C)C(=O)N4CCC[C@@H](C(=O)OC)N4)cc(O[Si](C(C)C)(C(C)C)C(C)C)c3)ccc21. The Labute approximate surface area is 487 Å². The molecule has 2 aliphatic rings. The van der Waals surface area contributed by atoms with Gasteiger partial charge in [0.2, 0.25) is 0 Å². The average molecular weight is 1150 g/mol. The zero-order chi connectivity index (χ0) is 59.8. The number of aliphatic hydroxyl groups excluding tert-OH is 1. The van der Waals surface area contributed by atoms with Crippen molar-refractivity contribution in [1.82, 2.24) is 30.2 Å². The highest BCUT2D eigenvalue weighted by molar-refractivity contribution is 6.78. The lowest BCUT2D eigenvalue weighted by molar-refractivity contribution is -0.150. The number of piperazine rings is 1. The highest BCUT2D eigenvalue weighted by Crippen LogP contribution is 2.46. The second-order valence-electron chi connectivity index (χ2n) is 24.8. The molecule has 0 spiro atoms. The molecule has 17 nitrogen and oxygen atoms in total. The number of hydrogen-bond acceptors (Lipinski definition) is 13. The molecule has 5 aromatic rings. The molecule has 2 aromatic heterocycles. The van der Waals surface area contributed by atoms with Crippen LogP contribution in [0.1, 0.15) is 131 Å². The maximum absolute atomic E-state index is 14.8. The Hall–Kier alpha value is -6.47. The van der Waals surface area contributed by atoms with E-state index >= 15 is 0 Å². The summed E-state index contributed by atoms with van der Waals surface area (Å²) in [5.41, 5.74) is 11.6. The normalized spacial score (nSPS) is 16.2. The standard InChI is InChI=1S/C64H91N7O10Si/c1-16-70-56-25-24-47(35-51(56)53(37-64(12,13)40-72)58(70)52-36-49(38-65-57(52)44(8)77-14)68-27-29-69(30-28-68)62(76)79-39-45-21-18-17-19-22-45)48-31-46(32-50(34-48)81-82(41(2)3,42(4)5)43(6)7)33-55(66-61(75)80-63(9,10)11)59(73)71-26-20-23-54(67-71)60(74)78-15/h17-19,21-22,24-25,31-32,34-36,38,41-44,54-55,67,72H,16,20,23,26-30,33,37,39-40H2,1-15H3,(H,66,75)/t44-,54-,55-/m0/s1. The van der Waals surface area contributed by atoms with Gasteiger partial charge in [-0.15, -0.1) is 0 Å². The number of rotatable bonds is 21.